The predicted octanol–water partition coefficient (Wildman–Crippen LogP) is 5.05. The van der Waals surface area contributed by atoms with E-state index in [0.29, 0.717) is 11.7 Å². The van der Waals surface area contributed by atoms with Gasteiger partial charge in [-0.25, -0.2) is 13.8 Å². The summed E-state index contributed by atoms with van der Waals surface area (Å²) in [5, 5.41) is 6.33. The number of rotatable bonds is 4. The molecule has 1 fully saturated rings. The molecule has 152 valence electrons. The summed E-state index contributed by atoms with van der Waals surface area (Å²) in [5.74, 6) is 0.180. The number of aromatic nitrogens is 5. The van der Waals surface area contributed by atoms with Crippen molar-refractivity contribution in [3.8, 4) is 0 Å². The van der Waals surface area contributed by atoms with Gasteiger partial charge in [0.25, 0.3) is 12.2 Å². The second kappa shape index (κ2) is 7.39. The monoisotopic (exact) mass is 470 g/mol. The van der Waals surface area contributed by atoms with Crippen molar-refractivity contribution in [2.75, 3.05) is 11.9 Å². The molecule has 0 radical (unpaired) electrons. The standard InChI is InChI=1S/C21H17BrF2N6/c1-29(19-16-10-25-5-4-13(16)2-3-17(19)22)14-6-12(7-14)8-15-9-18(20(23)24)28-21-26-11-27-30(15)21/h2-5,8-11,14,20H,6-7H2,1H3. The van der Waals surface area contributed by atoms with E-state index in [1.807, 2.05) is 24.4 Å². The van der Waals surface area contributed by atoms with Gasteiger partial charge < -0.3 is 4.90 Å². The molecule has 0 spiro atoms. The maximum absolute atomic E-state index is 13.2. The molecule has 0 atom stereocenters. The van der Waals surface area contributed by atoms with Crippen molar-refractivity contribution in [1.29, 1.82) is 0 Å². The number of hydrogen-bond acceptors (Lipinski definition) is 5. The summed E-state index contributed by atoms with van der Waals surface area (Å²) < 4.78 is 28.9. The molecule has 1 saturated carbocycles. The summed E-state index contributed by atoms with van der Waals surface area (Å²) >= 11 is 3.67. The summed E-state index contributed by atoms with van der Waals surface area (Å²) in [7, 11) is 2.07. The molecule has 3 aromatic heterocycles. The molecule has 0 unspecified atom stereocenters. The second-order valence-corrected chi connectivity index (χ2v) is 8.20. The van der Waals surface area contributed by atoms with Crippen LogP contribution in [0.2, 0.25) is 0 Å². The van der Waals surface area contributed by atoms with Gasteiger partial charge in [0.05, 0.1) is 11.4 Å². The van der Waals surface area contributed by atoms with E-state index in [9.17, 15) is 8.78 Å². The summed E-state index contributed by atoms with van der Waals surface area (Å²) in [6.07, 6.45) is 5.93. The highest BCUT2D eigenvalue weighted by Crippen LogP contribution is 2.40. The normalized spacial score (nSPS) is 16.3. The number of fused-ring (bicyclic) bond motifs is 2. The zero-order valence-electron chi connectivity index (χ0n) is 16.0. The van der Waals surface area contributed by atoms with Crippen LogP contribution in [0.3, 0.4) is 0 Å². The van der Waals surface area contributed by atoms with Gasteiger partial charge in [-0.1, -0.05) is 11.6 Å². The van der Waals surface area contributed by atoms with Crippen LogP contribution in [0.5, 0.6) is 0 Å². The van der Waals surface area contributed by atoms with E-state index in [1.165, 1.54) is 22.5 Å². The molecule has 0 saturated heterocycles. The molecule has 0 bridgehead atoms. The van der Waals surface area contributed by atoms with E-state index in [-0.39, 0.29) is 11.5 Å². The topological polar surface area (TPSA) is 59.2 Å². The van der Waals surface area contributed by atoms with Gasteiger partial charge in [0, 0.05) is 35.3 Å². The lowest BCUT2D eigenvalue weighted by Gasteiger charge is -2.39. The zero-order valence-corrected chi connectivity index (χ0v) is 17.6. The fourth-order valence-electron chi connectivity index (χ4n) is 3.88. The minimum absolute atomic E-state index is 0.180. The highest BCUT2D eigenvalue weighted by atomic mass is 79.9. The van der Waals surface area contributed by atoms with Gasteiger partial charge in [0.1, 0.15) is 12.0 Å². The van der Waals surface area contributed by atoms with Crippen molar-refractivity contribution in [2.24, 2.45) is 0 Å². The lowest BCUT2D eigenvalue weighted by molar-refractivity contribution is 0.146. The average Bonchev–Trinajstić information content (AvgIpc) is 3.18. The molecule has 9 heteroatoms. The molecule has 0 N–H and O–H groups in total. The number of hydrogen-bond donors (Lipinski definition) is 0. The molecule has 0 amide bonds. The van der Waals surface area contributed by atoms with Gasteiger partial charge in [0.2, 0.25) is 0 Å². The molecular weight excluding hydrogens is 454 g/mol. The zero-order chi connectivity index (χ0) is 20.8. The minimum atomic E-state index is -2.65. The Morgan fingerprint density at radius 3 is 2.90 bits per heavy atom. The summed E-state index contributed by atoms with van der Waals surface area (Å²) in [5.41, 5.74) is 2.55. The molecule has 4 aromatic rings. The number of benzene rings is 1. The first kappa shape index (κ1) is 19.0. The third-order valence-corrected chi connectivity index (χ3v) is 6.16. The quantitative estimate of drug-likeness (QED) is 0.417. The van der Waals surface area contributed by atoms with Crippen LogP contribution in [-0.2, 0) is 0 Å². The Bertz CT molecular complexity index is 1280. The Labute approximate surface area is 179 Å². The van der Waals surface area contributed by atoms with Gasteiger partial charge >= 0.3 is 0 Å². The summed E-state index contributed by atoms with van der Waals surface area (Å²) in [6, 6.07) is 7.80. The number of halogens is 3. The molecular formula is C21H17BrF2N6. The largest absolute Gasteiger partial charge is 0.370 e. The average molecular weight is 471 g/mol. The van der Waals surface area contributed by atoms with Crippen molar-refractivity contribution < 1.29 is 8.78 Å². The van der Waals surface area contributed by atoms with Crippen molar-refractivity contribution in [3.05, 3.63) is 64.4 Å². The van der Waals surface area contributed by atoms with Gasteiger partial charge in [-0.15, -0.1) is 0 Å². The molecule has 6 nitrogen and oxygen atoms in total. The van der Waals surface area contributed by atoms with E-state index < -0.39 is 6.43 Å². The van der Waals surface area contributed by atoms with Gasteiger partial charge in [-0.05, 0) is 58.4 Å². The van der Waals surface area contributed by atoms with Crippen LogP contribution in [-0.4, -0.2) is 37.7 Å². The van der Waals surface area contributed by atoms with Crippen LogP contribution in [0, 0.1) is 0 Å². The van der Waals surface area contributed by atoms with Crippen molar-refractivity contribution in [1.82, 2.24) is 24.6 Å². The molecule has 1 aliphatic rings. The van der Waals surface area contributed by atoms with E-state index in [1.54, 1.807) is 6.20 Å². The number of pyridine rings is 1. The van der Waals surface area contributed by atoms with Crippen LogP contribution < -0.4 is 4.90 Å². The van der Waals surface area contributed by atoms with Crippen LogP contribution in [0.4, 0.5) is 14.5 Å². The highest BCUT2D eigenvalue weighted by molar-refractivity contribution is 9.10. The van der Waals surface area contributed by atoms with Crippen LogP contribution >= 0.6 is 15.9 Å². The maximum atomic E-state index is 13.2. The first-order valence-electron chi connectivity index (χ1n) is 9.44. The Balaban J connectivity index is 1.42. The molecule has 5 rings (SSSR count). The molecule has 1 aromatic carbocycles. The second-order valence-electron chi connectivity index (χ2n) is 7.35. The lowest BCUT2D eigenvalue weighted by atomic mass is 9.84. The van der Waals surface area contributed by atoms with E-state index >= 15 is 0 Å². The van der Waals surface area contributed by atoms with E-state index in [2.05, 4.69) is 54.0 Å². The third-order valence-electron chi connectivity index (χ3n) is 5.52. The first-order valence-corrected chi connectivity index (χ1v) is 10.2. The van der Waals surface area contributed by atoms with Crippen molar-refractivity contribution in [2.45, 2.75) is 25.3 Å². The smallest absolute Gasteiger partial charge is 0.280 e. The highest BCUT2D eigenvalue weighted by Gasteiger charge is 2.29. The summed E-state index contributed by atoms with van der Waals surface area (Å²) in [6.45, 7) is 0. The SMILES string of the molecule is CN(c1c(Br)ccc2ccncc12)C1CC(=Cc2cc(C(F)F)nc3ncnn23)C1. The fraction of sp³-hybridized carbons (Fsp3) is 0.238. The van der Waals surface area contributed by atoms with Gasteiger partial charge in [-0.2, -0.15) is 14.6 Å². The molecule has 3 heterocycles. The minimum Gasteiger partial charge on any atom is -0.370 e. The molecule has 30 heavy (non-hydrogen) atoms. The Morgan fingerprint density at radius 1 is 1.27 bits per heavy atom. The fourth-order valence-corrected chi connectivity index (χ4v) is 4.50. The molecule has 1 aliphatic carbocycles. The third kappa shape index (κ3) is 3.23. The first-order chi connectivity index (χ1) is 14.5. The van der Waals surface area contributed by atoms with Crippen LogP contribution in [0.15, 0.2) is 53.0 Å². The van der Waals surface area contributed by atoms with E-state index in [0.717, 1.165) is 33.8 Å². The van der Waals surface area contributed by atoms with Crippen molar-refractivity contribution >= 4 is 44.2 Å². The van der Waals surface area contributed by atoms with E-state index in [4.69, 9.17) is 0 Å². The number of nitrogens with zero attached hydrogens (tertiary/aromatic N) is 6. The Morgan fingerprint density at radius 2 is 2.10 bits per heavy atom. The number of anilines is 1. The van der Waals surface area contributed by atoms with Gasteiger partial charge in [0.15, 0.2) is 0 Å². The van der Waals surface area contributed by atoms with Gasteiger partial charge in [-0.3, -0.25) is 4.98 Å². The molecule has 0 aliphatic heterocycles. The maximum Gasteiger partial charge on any atom is 0.280 e. The lowest BCUT2D eigenvalue weighted by Crippen LogP contribution is -2.39. The Hall–Kier alpha value is -2.94. The number of alkyl halides is 2. The van der Waals surface area contributed by atoms with Crippen LogP contribution in [0.25, 0.3) is 22.6 Å². The Kier molecular flexibility index (Phi) is 4.69. The predicted molar refractivity (Wildman–Crippen MR) is 115 cm³/mol. The van der Waals surface area contributed by atoms with Crippen molar-refractivity contribution in [3.63, 3.8) is 0 Å². The summed E-state index contributed by atoms with van der Waals surface area (Å²) in [4.78, 5) is 14.3. The van der Waals surface area contributed by atoms with Crippen LogP contribution in [0.1, 0.15) is 30.7 Å².